The van der Waals surface area contributed by atoms with E-state index in [4.69, 9.17) is 0 Å². The standard InChI is InChI=1S/C17H27NO/c1-3-10-18-11-5-8-17(19,9-12-18)14-16-7-4-6-15(2)13-16/h4,6-7,13,19H,3,5,8-12,14H2,1-2H3. The van der Waals surface area contributed by atoms with Crippen LogP contribution in [0.25, 0.3) is 0 Å². The second-order valence-corrected chi connectivity index (χ2v) is 6.09. The first-order valence-corrected chi connectivity index (χ1v) is 7.61. The second kappa shape index (κ2) is 6.53. The molecule has 1 aromatic rings. The van der Waals surface area contributed by atoms with Gasteiger partial charge in [-0.3, -0.25) is 0 Å². The Morgan fingerprint density at radius 1 is 1.26 bits per heavy atom. The first kappa shape index (κ1) is 14.5. The third-order valence-electron chi connectivity index (χ3n) is 4.17. The highest BCUT2D eigenvalue weighted by Gasteiger charge is 2.30. The zero-order valence-electron chi connectivity index (χ0n) is 12.4. The molecule has 1 aromatic carbocycles. The fourth-order valence-corrected chi connectivity index (χ4v) is 3.15. The fourth-order valence-electron chi connectivity index (χ4n) is 3.15. The molecule has 0 spiro atoms. The molecule has 1 aliphatic heterocycles. The maximum atomic E-state index is 10.9. The smallest absolute Gasteiger partial charge is 0.0700 e. The van der Waals surface area contributed by atoms with Crippen LogP contribution in [0.4, 0.5) is 0 Å². The minimum absolute atomic E-state index is 0.504. The van der Waals surface area contributed by atoms with Crippen molar-refractivity contribution in [3.05, 3.63) is 35.4 Å². The topological polar surface area (TPSA) is 23.5 Å². The summed E-state index contributed by atoms with van der Waals surface area (Å²) in [5.74, 6) is 0. The van der Waals surface area contributed by atoms with Gasteiger partial charge in [0.05, 0.1) is 5.60 Å². The van der Waals surface area contributed by atoms with Crippen molar-refractivity contribution in [1.29, 1.82) is 0 Å². The van der Waals surface area contributed by atoms with E-state index in [9.17, 15) is 5.11 Å². The van der Waals surface area contributed by atoms with E-state index in [0.717, 1.165) is 38.8 Å². The summed E-state index contributed by atoms with van der Waals surface area (Å²) in [6.45, 7) is 7.69. The van der Waals surface area contributed by atoms with Gasteiger partial charge in [-0.15, -0.1) is 0 Å². The predicted octanol–water partition coefficient (Wildman–Crippen LogP) is 3.16. The lowest BCUT2D eigenvalue weighted by molar-refractivity contribution is 0.0257. The van der Waals surface area contributed by atoms with Crippen LogP contribution >= 0.6 is 0 Å². The molecule has 2 nitrogen and oxygen atoms in total. The number of aryl methyl sites for hydroxylation is 1. The lowest BCUT2D eigenvalue weighted by Gasteiger charge is -2.27. The summed E-state index contributed by atoms with van der Waals surface area (Å²) in [6.07, 6.45) is 4.95. The average Bonchev–Trinajstić information content (AvgIpc) is 2.53. The molecule has 2 heteroatoms. The molecule has 1 N–H and O–H groups in total. The summed E-state index contributed by atoms with van der Waals surface area (Å²) in [5, 5.41) is 10.9. The van der Waals surface area contributed by atoms with Crippen molar-refractivity contribution >= 4 is 0 Å². The zero-order chi connectivity index (χ0) is 13.7. The Bertz CT molecular complexity index is 404. The zero-order valence-corrected chi connectivity index (χ0v) is 12.4. The van der Waals surface area contributed by atoms with Gasteiger partial charge in [0.25, 0.3) is 0 Å². The molecule has 1 heterocycles. The Morgan fingerprint density at radius 2 is 2.11 bits per heavy atom. The molecule has 19 heavy (non-hydrogen) atoms. The van der Waals surface area contributed by atoms with Crippen molar-refractivity contribution in [3.8, 4) is 0 Å². The van der Waals surface area contributed by atoms with E-state index < -0.39 is 5.60 Å². The maximum absolute atomic E-state index is 10.9. The van der Waals surface area contributed by atoms with E-state index in [1.165, 1.54) is 24.1 Å². The van der Waals surface area contributed by atoms with Crippen molar-refractivity contribution in [2.75, 3.05) is 19.6 Å². The van der Waals surface area contributed by atoms with Crippen molar-refractivity contribution in [1.82, 2.24) is 4.90 Å². The summed E-state index contributed by atoms with van der Waals surface area (Å²) >= 11 is 0. The molecule has 0 amide bonds. The Kier molecular flexibility index (Phi) is 5.00. The molecule has 1 unspecified atom stereocenters. The van der Waals surface area contributed by atoms with E-state index in [1.807, 2.05) is 0 Å². The Balaban J connectivity index is 1.98. The Hall–Kier alpha value is -0.860. The highest BCUT2D eigenvalue weighted by Crippen LogP contribution is 2.26. The number of nitrogens with zero attached hydrogens (tertiary/aromatic N) is 1. The highest BCUT2D eigenvalue weighted by molar-refractivity contribution is 5.23. The van der Waals surface area contributed by atoms with Gasteiger partial charge in [-0.05, 0) is 51.3 Å². The van der Waals surface area contributed by atoms with E-state index >= 15 is 0 Å². The molecule has 0 radical (unpaired) electrons. The molecule has 0 aliphatic carbocycles. The quantitative estimate of drug-likeness (QED) is 0.900. The van der Waals surface area contributed by atoms with Gasteiger partial charge in [0.15, 0.2) is 0 Å². The molecule has 0 aromatic heterocycles. The van der Waals surface area contributed by atoms with E-state index in [0.29, 0.717) is 0 Å². The van der Waals surface area contributed by atoms with Gasteiger partial charge in [0.1, 0.15) is 0 Å². The third-order valence-corrected chi connectivity index (χ3v) is 4.17. The summed E-state index contributed by atoms with van der Waals surface area (Å²) < 4.78 is 0. The average molecular weight is 261 g/mol. The Morgan fingerprint density at radius 3 is 2.84 bits per heavy atom. The summed E-state index contributed by atoms with van der Waals surface area (Å²) in [5.41, 5.74) is 2.05. The van der Waals surface area contributed by atoms with Gasteiger partial charge in [-0.25, -0.2) is 0 Å². The number of likely N-dealkylation sites (tertiary alicyclic amines) is 1. The number of benzene rings is 1. The summed E-state index contributed by atoms with van der Waals surface area (Å²) in [4.78, 5) is 2.49. The largest absolute Gasteiger partial charge is 0.389 e. The van der Waals surface area contributed by atoms with Crippen molar-refractivity contribution in [2.45, 2.75) is 51.6 Å². The number of hydrogen-bond donors (Lipinski definition) is 1. The predicted molar refractivity (Wildman–Crippen MR) is 80.4 cm³/mol. The number of hydrogen-bond acceptors (Lipinski definition) is 2. The van der Waals surface area contributed by atoms with Gasteiger partial charge in [-0.2, -0.15) is 0 Å². The van der Waals surface area contributed by atoms with Gasteiger partial charge in [0.2, 0.25) is 0 Å². The van der Waals surface area contributed by atoms with Crippen LogP contribution in [0.1, 0.15) is 43.7 Å². The molecular formula is C17H27NO. The van der Waals surface area contributed by atoms with Crippen molar-refractivity contribution < 1.29 is 5.11 Å². The maximum Gasteiger partial charge on any atom is 0.0700 e. The van der Waals surface area contributed by atoms with E-state index in [1.54, 1.807) is 0 Å². The molecule has 106 valence electrons. The van der Waals surface area contributed by atoms with Crippen LogP contribution in [0.15, 0.2) is 24.3 Å². The van der Waals surface area contributed by atoms with Crippen LogP contribution in [-0.4, -0.2) is 35.2 Å². The van der Waals surface area contributed by atoms with Crippen LogP contribution in [0.5, 0.6) is 0 Å². The molecule has 0 saturated carbocycles. The number of aliphatic hydroxyl groups is 1. The SMILES string of the molecule is CCCN1CCCC(O)(Cc2cccc(C)c2)CC1. The highest BCUT2D eigenvalue weighted by atomic mass is 16.3. The van der Waals surface area contributed by atoms with Gasteiger partial charge in [0, 0.05) is 13.0 Å². The molecule has 1 saturated heterocycles. The van der Waals surface area contributed by atoms with Crippen LogP contribution in [0.3, 0.4) is 0 Å². The van der Waals surface area contributed by atoms with Crippen molar-refractivity contribution in [3.63, 3.8) is 0 Å². The van der Waals surface area contributed by atoms with Crippen LogP contribution < -0.4 is 0 Å². The minimum atomic E-state index is -0.504. The second-order valence-electron chi connectivity index (χ2n) is 6.09. The molecule has 1 atom stereocenters. The summed E-state index contributed by atoms with van der Waals surface area (Å²) in [7, 11) is 0. The lowest BCUT2D eigenvalue weighted by Crippen LogP contribution is -2.33. The first-order valence-electron chi connectivity index (χ1n) is 7.61. The van der Waals surface area contributed by atoms with Crippen LogP contribution in [-0.2, 0) is 6.42 Å². The number of rotatable bonds is 4. The molecule has 1 fully saturated rings. The van der Waals surface area contributed by atoms with Crippen LogP contribution in [0, 0.1) is 6.92 Å². The summed E-state index contributed by atoms with van der Waals surface area (Å²) in [6, 6.07) is 8.55. The van der Waals surface area contributed by atoms with Crippen LogP contribution in [0.2, 0.25) is 0 Å². The third kappa shape index (κ3) is 4.32. The van der Waals surface area contributed by atoms with Gasteiger partial charge >= 0.3 is 0 Å². The van der Waals surface area contributed by atoms with E-state index in [2.05, 4.69) is 43.0 Å². The molecule has 1 aliphatic rings. The normalized spacial score (nSPS) is 25.2. The van der Waals surface area contributed by atoms with Crippen molar-refractivity contribution in [2.24, 2.45) is 0 Å². The lowest BCUT2D eigenvalue weighted by atomic mass is 9.87. The van der Waals surface area contributed by atoms with Gasteiger partial charge in [-0.1, -0.05) is 36.8 Å². The molecular weight excluding hydrogens is 234 g/mol. The monoisotopic (exact) mass is 261 g/mol. The van der Waals surface area contributed by atoms with Gasteiger partial charge < -0.3 is 10.0 Å². The van der Waals surface area contributed by atoms with E-state index in [-0.39, 0.29) is 0 Å². The first-order chi connectivity index (χ1) is 9.11. The minimum Gasteiger partial charge on any atom is -0.389 e. The molecule has 0 bridgehead atoms. The fraction of sp³-hybridized carbons (Fsp3) is 0.647. The Labute approximate surface area is 117 Å². The molecule has 2 rings (SSSR count).